The summed E-state index contributed by atoms with van der Waals surface area (Å²) in [4.78, 5) is 23.2. The van der Waals surface area contributed by atoms with Crippen molar-refractivity contribution >= 4 is 16.9 Å². The Bertz CT molecular complexity index is 747. The molecular formula is C17H21N3O3. The fraction of sp³-hybridized carbons (Fsp3) is 0.471. The molecule has 6 heteroatoms. The van der Waals surface area contributed by atoms with E-state index in [2.05, 4.69) is 9.97 Å². The number of piperidine rings is 1. The first-order valence-corrected chi connectivity index (χ1v) is 7.83. The zero-order valence-electron chi connectivity index (χ0n) is 13.4. The molecule has 122 valence electrons. The Balaban J connectivity index is 1.85. The maximum atomic E-state index is 12.6. The van der Waals surface area contributed by atoms with Gasteiger partial charge in [-0.3, -0.25) is 4.79 Å². The molecule has 1 aliphatic rings. The second-order valence-corrected chi connectivity index (χ2v) is 6.15. The van der Waals surface area contributed by atoms with Gasteiger partial charge in [-0.15, -0.1) is 0 Å². The molecule has 0 radical (unpaired) electrons. The van der Waals surface area contributed by atoms with Crippen LogP contribution in [0.25, 0.3) is 11.0 Å². The second-order valence-electron chi connectivity index (χ2n) is 6.15. The summed E-state index contributed by atoms with van der Waals surface area (Å²) in [5, 5.41) is 19.2. The van der Waals surface area contributed by atoms with E-state index in [0.29, 0.717) is 24.0 Å². The predicted molar refractivity (Wildman–Crippen MR) is 86.1 cm³/mol. The van der Waals surface area contributed by atoms with Gasteiger partial charge < -0.3 is 15.1 Å². The number of rotatable bonds is 2. The number of β-amino-alcohol motifs (C(OH)–C–C–N with tert-alkyl or cyclic N) is 1. The summed E-state index contributed by atoms with van der Waals surface area (Å²) in [6.45, 7) is 4.55. The fourth-order valence-corrected chi connectivity index (χ4v) is 2.92. The van der Waals surface area contributed by atoms with E-state index in [4.69, 9.17) is 0 Å². The van der Waals surface area contributed by atoms with E-state index in [-0.39, 0.29) is 25.0 Å². The van der Waals surface area contributed by atoms with Crippen molar-refractivity contribution < 1.29 is 15.0 Å². The van der Waals surface area contributed by atoms with Gasteiger partial charge in [0.25, 0.3) is 5.91 Å². The Kier molecular flexibility index (Phi) is 4.28. The molecule has 1 amide bonds. The van der Waals surface area contributed by atoms with E-state index in [0.717, 1.165) is 16.9 Å². The quantitative estimate of drug-likeness (QED) is 0.865. The maximum absolute atomic E-state index is 12.6. The average molecular weight is 315 g/mol. The highest BCUT2D eigenvalue weighted by Gasteiger charge is 2.30. The van der Waals surface area contributed by atoms with E-state index < -0.39 is 6.10 Å². The first-order valence-electron chi connectivity index (χ1n) is 7.83. The molecular weight excluding hydrogens is 294 g/mol. The minimum absolute atomic E-state index is 0.0482. The molecule has 2 atom stereocenters. The van der Waals surface area contributed by atoms with Crippen LogP contribution in [0.5, 0.6) is 0 Å². The summed E-state index contributed by atoms with van der Waals surface area (Å²) in [6, 6.07) is 5.30. The van der Waals surface area contributed by atoms with Crippen molar-refractivity contribution in [1.29, 1.82) is 0 Å². The third kappa shape index (κ3) is 3.04. The number of benzene rings is 1. The van der Waals surface area contributed by atoms with Gasteiger partial charge in [-0.1, -0.05) is 0 Å². The van der Waals surface area contributed by atoms with E-state index in [1.165, 1.54) is 0 Å². The smallest absolute Gasteiger partial charge is 0.254 e. The summed E-state index contributed by atoms with van der Waals surface area (Å²) in [5.74, 6) is -0.269. The molecule has 1 saturated heterocycles. The normalized spacial score (nSPS) is 21.7. The molecule has 2 heterocycles. The number of carbonyl (C=O) groups excluding carboxylic acids is 1. The lowest BCUT2D eigenvalue weighted by Gasteiger charge is -2.35. The molecule has 0 unspecified atom stereocenters. The van der Waals surface area contributed by atoms with Crippen LogP contribution in [0.2, 0.25) is 0 Å². The van der Waals surface area contributed by atoms with Crippen LogP contribution in [0.1, 0.15) is 28.2 Å². The predicted octanol–water partition coefficient (Wildman–Crippen LogP) is 1.06. The van der Waals surface area contributed by atoms with Crippen LogP contribution < -0.4 is 0 Å². The standard InChI is InChI=1S/C17H21N3O3/c1-10-11(2)19-15-7-12(3-4-14(15)18-10)17(23)20-6-5-13(9-21)16(22)8-20/h3-4,7,13,16,21-22H,5-6,8-9H2,1-2H3/t13-,16-/m1/s1. The fourth-order valence-electron chi connectivity index (χ4n) is 2.92. The third-order valence-corrected chi connectivity index (χ3v) is 4.57. The molecule has 2 aromatic rings. The topological polar surface area (TPSA) is 86.6 Å². The molecule has 0 spiro atoms. The van der Waals surface area contributed by atoms with Crippen LogP contribution in [-0.4, -0.2) is 56.8 Å². The maximum Gasteiger partial charge on any atom is 0.254 e. The molecule has 1 fully saturated rings. The Labute approximate surface area is 134 Å². The first kappa shape index (κ1) is 15.8. The number of aryl methyl sites for hydroxylation is 2. The highest BCUT2D eigenvalue weighted by atomic mass is 16.3. The van der Waals surface area contributed by atoms with Gasteiger partial charge in [-0.05, 0) is 38.5 Å². The van der Waals surface area contributed by atoms with Gasteiger partial charge in [0.2, 0.25) is 0 Å². The molecule has 1 aliphatic heterocycles. The number of hydrogen-bond donors (Lipinski definition) is 2. The van der Waals surface area contributed by atoms with Crippen molar-refractivity contribution in [3.05, 3.63) is 35.2 Å². The third-order valence-electron chi connectivity index (χ3n) is 4.57. The van der Waals surface area contributed by atoms with Crippen molar-refractivity contribution in [3.63, 3.8) is 0 Å². The van der Waals surface area contributed by atoms with Crippen molar-refractivity contribution in [2.24, 2.45) is 5.92 Å². The molecule has 23 heavy (non-hydrogen) atoms. The highest BCUT2D eigenvalue weighted by Crippen LogP contribution is 2.21. The number of aliphatic hydroxyl groups excluding tert-OH is 2. The van der Waals surface area contributed by atoms with Crippen LogP contribution in [0.15, 0.2) is 18.2 Å². The zero-order chi connectivity index (χ0) is 16.6. The second kappa shape index (κ2) is 6.22. The minimum atomic E-state index is -0.678. The zero-order valence-corrected chi connectivity index (χ0v) is 13.4. The molecule has 3 rings (SSSR count). The lowest BCUT2D eigenvalue weighted by molar-refractivity contribution is 0.000883. The largest absolute Gasteiger partial charge is 0.396 e. The average Bonchev–Trinajstić information content (AvgIpc) is 2.54. The van der Waals surface area contributed by atoms with E-state index in [9.17, 15) is 15.0 Å². The summed E-state index contributed by atoms with van der Waals surface area (Å²) < 4.78 is 0. The number of aromatic nitrogens is 2. The van der Waals surface area contributed by atoms with Crippen molar-refractivity contribution in [1.82, 2.24) is 14.9 Å². The van der Waals surface area contributed by atoms with E-state index in [1.54, 1.807) is 23.1 Å². The van der Waals surface area contributed by atoms with Gasteiger partial charge in [-0.25, -0.2) is 9.97 Å². The number of hydrogen-bond acceptors (Lipinski definition) is 5. The van der Waals surface area contributed by atoms with Gasteiger partial charge in [0, 0.05) is 31.2 Å². The molecule has 0 bridgehead atoms. The molecule has 2 N–H and O–H groups in total. The van der Waals surface area contributed by atoms with Crippen LogP contribution in [0, 0.1) is 19.8 Å². The highest BCUT2D eigenvalue weighted by molar-refractivity contribution is 5.97. The molecule has 1 aromatic heterocycles. The van der Waals surface area contributed by atoms with Crippen molar-refractivity contribution in [2.75, 3.05) is 19.7 Å². The number of likely N-dealkylation sites (tertiary alicyclic amines) is 1. The van der Waals surface area contributed by atoms with Crippen LogP contribution in [0.3, 0.4) is 0 Å². The summed E-state index contributed by atoms with van der Waals surface area (Å²) >= 11 is 0. The van der Waals surface area contributed by atoms with Crippen molar-refractivity contribution in [2.45, 2.75) is 26.4 Å². The summed E-state index contributed by atoms with van der Waals surface area (Å²) in [6.07, 6.45) is -0.0717. The molecule has 6 nitrogen and oxygen atoms in total. The number of nitrogens with zero attached hydrogens (tertiary/aromatic N) is 3. The number of aliphatic hydroxyl groups is 2. The minimum Gasteiger partial charge on any atom is -0.396 e. The molecule has 0 aliphatic carbocycles. The lowest BCUT2D eigenvalue weighted by atomic mass is 9.94. The van der Waals surface area contributed by atoms with Gasteiger partial charge >= 0.3 is 0 Å². The number of fused-ring (bicyclic) bond motifs is 1. The Morgan fingerprint density at radius 1 is 1.26 bits per heavy atom. The Morgan fingerprint density at radius 2 is 1.96 bits per heavy atom. The molecule has 1 aromatic carbocycles. The van der Waals surface area contributed by atoms with Crippen LogP contribution >= 0.6 is 0 Å². The SMILES string of the molecule is Cc1nc2ccc(C(=O)N3CC[C@H](CO)[C@H](O)C3)cc2nc1C. The van der Waals surface area contributed by atoms with Gasteiger partial charge in [-0.2, -0.15) is 0 Å². The number of amides is 1. The molecule has 0 saturated carbocycles. The van der Waals surface area contributed by atoms with Gasteiger partial charge in [0.15, 0.2) is 0 Å². The van der Waals surface area contributed by atoms with E-state index in [1.807, 2.05) is 13.8 Å². The van der Waals surface area contributed by atoms with Crippen LogP contribution in [-0.2, 0) is 0 Å². The van der Waals surface area contributed by atoms with Gasteiger partial charge in [0.05, 0.1) is 28.5 Å². The monoisotopic (exact) mass is 315 g/mol. The summed E-state index contributed by atoms with van der Waals surface area (Å²) in [5.41, 5.74) is 3.74. The first-order chi connectivity index (χ1) is 11.0. The van der Waals surface area contributed by atoms with E-state index >= 15 is 0 Å². The van der Waals surface area contributed by atoms with Crippen LogP contribution in [0.4, 0.5) is 0 Å². The summed E-state index contributed by atoms with van der Waals surface area (Å²) in [7, 11) is 0. The Morgan fingerprint density at radius 3 is 2.61 bits per heavy atom. The van der Waals surface area contributed by atoms with Crippen molar-refractivity contribution in [3.8, 4) is 0 Å². The lowest BCUT2D eigenvalue weighted by Crippen LogP contribution is -2.47. The van der Waals surface area contributed by atoms with Gasteiger partial charge in [0.1, 0.15) is 0 Å². The number of carbonyl (C=O) groups is 1. The Hall–Kier alpha value is -2.05.